The molecule has 1 aromatic rings. The van der Waals surface area contributed by atoms with Gasteiger partial charge in [-0.3, -0.25) is 4.90 Å². The first-order valence-electron chi connectivity index (χ1n) is 7.91. The van der Waals surface area contributed by atoms with Crippen LogP contribution < -0.4 is 10.5 Å². The molecule has 20 heavy (non-hydrogen) atoms. The minimum Gasteiger partial charge on any atom is -0.493 e. The van der Waals surface area contributed by atoms with Crippen molar-refractivity contribution < 1.29 is 4.74 Å². The zero-order valence-electron chi connectivity index (χ0n) is 12.7. The highest BCUT2D eigenvalue weighted by atomic mass is 16.5. The molecule has 0 spiro atoms. The second kappa shape index (κ2) is 5.38. The van der Waals surface area contributed by atoms with Crippen molar-refractivity contribution in [1.29, 1.82) is 0 Å². The van der Waals surface area contributed by atoms with E-state index >= 15 is 0 Å². The number of fused-ring (bicyclic) bond motifs is 1. The Labute approximate surface area is 122 Å². The highest BCUT2D eigenvalue weighted by molar-refractivity contribution is 5.41. The van der Waals surface area contributed by atoms with Gasteiger partial charge in [0.15, 0.2) is 0 Å². The van der Waals surface area contributed by atoms with E-state index in [0.29, 0.717) is 0 Å². The van der Waals surface area contributed by atoms with Crippen LogP contribution in [0.15, 0.2) is 18.2 Å². The summed E-state index contributed by atoms with van der Waals surface area (Å²) in [5.74, 6) is 1.04. The first-order valence-corrected chi connectivity index (χ1v) is 7.91. The third-order valence-corrected chi connectivity index (χ3v) is 5.29. The van der Waals surface area contributed by atoms with E-state index < -0.39 is 0 Å². The number of rotatable bonds is 4. The molecule has 3 rings (SSSR count). The van der Waals surface area contributed by atoms with E-state index in [4.69, 9.17) is 10.5 Å². The summed E-state index contributed by atoms with van der Waals surface area (Å²) in [6, 6.07) is 6.57. The van der Waals surface area contributed by atoms with Crippen LogP contribution in [0, 0.1) is 0 Å². The summed E-state index contributed by atoms with van der Waals surface area (Å²) in [6.45, 7) is 7.77. The van der Waals surface area contributed by atoms with E-state index in [9.17, 15) is 0 Å². The van der Waals surface area contributed by atoms with Crippen LogP contribution in [-0.2, 0) is 6.42 Å². The van der Waals surface area contributed by atoms with Gasteiger partial charge in [-0.05, 0) is 56.5 Å². The summed E-state index contributed by atoms with van der Waals surface area (Å²) in [7, 11) is 0. The molecule has 0 amide bonds. The maximum atomic E-state index is 6.68. The van der Waals surface area contributed by atoms with Gasteiger partial charge in [0.25, 0.3) is 0 Å². The molecule has 2 aliphatic heterocycles. The lowest BCUT2D eigenvalue weighted by Gasteiger charge is -2.43. The molecule has 2 heterocycles. The van der Waals surface area contributed by atoms with Gasteiger partial charge in [-0.15, -0.1) is 0 Å². The van der Waals surface area contributed by atoms with Crippen LogP contribution in [0.2, 0.25) is 0 Å². The van der Waals surface area contributed by atoms with Crippen LogP contribution in [0.3, 0.4) is 0 Å². The molecule has 2 atom stereocenters. The Morgan fingerprint density at radius 2 is 2.10 bits per heavy atom. The van der Waals surface area contributed by atoms with Gasteiger partial charge < -0.3 is 10.5 Å². The third kappa shape index (κ3) is 2.23. The normalized spacial score (nSPS) is 23.1. The lowest BCUT2D eigenvalue weighted by molar-refractivity contribution is 0.1000. The molecule has 0 aliphatic carbocycles. The van der Waals surface area contributed by atoms with Crippen LogP contribution in [-0.4, -0.2) is 30.1 Å². The molecule has 0 aromatic heterocycles. The van der Waals surface area contributed by atoms with Crippen molar-refractivity contribution in [1.82, 2.24) is 4.90 Å². The van der Waals surface area contributed by atoms with Crippen molar-refractivity contribution in [2.24, 2.45) is 5.73 Å². The number of likely N-dealkylation sites (tertiary alicyclic amines) is 1. The largest absolute Gasteiger partial charge is 0.493 e. The zero-order chi connectivity index (χ0) is 14.2. The van der Waals surface area contributed by atoms with E-state index in [2.05, 4.69) is 36.9 Å². The Hall–Kier alpha value is -1.06. The molecule has 0 bridgehead atoms. The molecule has 110 valence electrons. The van der Waals surface area contributed by atoms with Gasteiger partial charge in [-0.25, -0.2) is 0 Å². The molecule has 1 aromatic carbocycles. The van der Waals surface area contributed by atoms with E-state index in [0.717, 1.165) is 25.2 Å². The fourth-order valence-corrected chi connectivity index (χ4v) is 3.63. The van der Waals surface area contributed by atoms with Crippen molar-refractivity contribution in [2.75, 3.05) is 19.7 Å². The maximum Gasteiger partial charge on any atom is 0.122 e. The van der Waals surface area contributed by atoms with Gasteiger partial charge in [-0.2, -0.15) is 0 Å². The van der Waals surface area contributed by atoms with Crippen LogP contribution in [0.25, 0.3) is 0 Å². The molecule has 2 unspecified atom stereocenters. The van der Waals surface area contributed by atoms with E-state index in [1.807, 2.05) is 0 Å². The highest BCUT2D eigenvalue weighted by Crippen LogP contribution is 2.37. The first kappa shape index (κ1) is 13.9. The number of ether oxygens (including phenoxy) is 1. The van der Waals surface area contributed by atoms with Gasteiger partial charge in [0, 0.05) is 18.0 Å². The van der Waals surface area contributed by atoms with Gasteiger partial charge in [-0.1, -0.05) is 19.1 Å². The smallest absolute Gasteiger partial charge is 0.122 e. The summed E-state index contributed by atoms with van der Waals surface area (Å²) >= 11 is 0. The summed E-state index contributed by atoms with van der Waals surface area (Å²) in [5, 5.41) is 0. The molecule has 0 saturated carbocycles. The Kier molecular flexibility index (Phi) is 3.74. The second-order valence-electron chi connectivity index (χ2n) is 6.35. The summed E-state index contributed by atoms with van der Waals surface area (Å²) in [5.41, 5.74) is 9.31. The minimum absolute atomic E-state index is 0.0597. The molecular formula is C17H26N2O. The van der Waals surface area contributed by atoms with Crippen molar-refractivity contribution in [3.63, 3.8) is 0 Å². The Morgan fingerprint density at radius 3 is 2.80 bits per heavy atom. The zero-order valence-corrected chi connectivity index (χ0v) is 12.7. The molecule has 1 saturated heterocycles. The SMILES string of the molecule is CCC(C)(C(N)c1ccc2c(c1)CCO2)N1CCCC1. The number of hydrogen-bond acceptors (Lipinski definition) is 3. The van der Waals surface area contributed by atoms with Gasteiger partial charge in [0.1, 0.15) is 5.75 Å². The Morgan fingerprint density at radius 1 is 1.35 bits per heavy atom. The number of nitrogens with two attached hydrogens (primary N) is 1. The number of hydrogen-bond donors (Lipinski definition) is 1. The Bertz CT molecular complexity index is 482. The third-order valence-electron chi connectivity index (χ3n) is 5.29. The van der Waals surface area contributed by atoms with Crippen LogP contribution in [0.1, 0.15) is 50.3 Å². The van der Waals surface area contributed by atoms with Crippen molar-refractivity contribution in [3.8, 4) is 5.75 Å². The lowest BCUT2D eigenvalue weighted by Crippen LogP contribution is -2.51. The summed E-state index contributed by atoms with van der Waals surface area (Å²) in [4.78, 5) is 2.58. The fourth-order valence-electron chi connectivity index (χ4n) is 3.63. The Balaban J connectivity index is 1.87. The van der Waals surface area contributed by atoms with E-state index in [1.54, 1.807) is 0 Å². The molecule has 3 heteroatoms. The molecule has 3 nitrogen and oxygen atoms in total. The maximum absolute atomic E-state index is 6.68. The van der Waals surface area contributed by atoms with Crippen molar-refractivity contribution in [2.45, 2.75) is 51.1 Å². The molecule has 2 aliphatic rings. The lowest BCUT2D eigenvalue weighted by atomic mass is 9.83. The first-order chi connectivity index (χ1) is 9.65. The number of benzene rings is 1. The number of nitrogens with zero attached hydrogens (tertiary/aromatic N) is 1. The quantitative estimate of drug-likeness (QED) is 0.917. The highest BCUT2D eigenvalue weighted by Gasteiger charge is 2.38. The molecule has 1 fully saturated rings. The summed E-state index contributed by atoms with van der Waals surface area (Å²) in [6.07, 6.45) is 4.71. The van der Waals surface area contributed by atoms with E-state index in [1.165, 1.54) is 37.1 Å². The molecular weight excluding hydrogens is 248 g/mol. The average Bonchev–Trinajstić information content (AvgIpc) is 3.15. The predicted octanol–water partition coefficient (Wildman–Crippen LogP) is 2.89. The topological polar surface area (TPSA) is 38.5 Å². The fraction of sp³-hybridized carbons (Fsp3) is 0.647. The van der Waals surface area contributed by atoms with Crippen molar-refractivity contribution in [3.05, 3.63) is 29.3 Å². The predicted molar refractivity (Wildman–Crippen MR) is 82.1 cm³/mol. The molecule has 2 N–H and O–H groups in total. The van der Waals surface area contributed by atoms with Gasteiger partial charge in [0.05, 0.1) is 6.61 Å². The van der Waals surface area contributed by atoms with Crippen LogP contribution in [0.5, 0.6) is 5.75 Å². The minimum atomic E-state index is 0.0597. The van der Waals surface area contributed by atoms with Crippen LogP contribution >= 0.6 is 0 Å². The van der Waals surface area contributed by atoms with Crippen molar-refractivity contribution >= 4 is 0 Å². The summed E-state index contributed by atoms with van der Waals surface area (Å²) < 4.78 is 5.59. The van der Waals surface area contributed by atoms with Crippen LogP contribution in [0.4, 0.5) is 0 Å². The van der Waals surface area contributed by atoms with E-state index in [-0.39, 0.29) is 11.6 Å². The van der Waals surface area contributed by atoms with Gasteiger partial charge >= 0.3 is 0 Å². The second-order valence-corrected chi connectivity index (χ2v) is 6.35. The molecule has 0 radical (unpaired) electrons. The van der Waals surface area contributed by atoms with Gasteiger partial charge in [0.2, 0.25) is 0 Å². The standard InChI is InChI=1S/C17H26N2O/c1-3-17(2,19-9-4-5-10-19)16(18)14-6-7-15-13(12-14)8-11-20-15/h6-7,12,16H,3-5,8-11,18H2,1-2H3. The monoisotopic (exact) mass is 274 g/mol. The average molecular weight is 274 g/mol.